The average molecular weight is 290 g/mol. The second kappa shape index (κ2) is 9.88. The molecule has 0 aromatic heterocycles. The highest BCUT2D eigenvalue weighted by molar-refractivity contribution is 6.66. The zero-order valence-corrected chi connectivity index (χ0v) is 13.8. The minimum atomic E-state index is -2.04. The Morgan fingerprint density at radius 1 is 1.05 bits per heavy atom. The van der Waals surface area contributed by atoms with Crippen molar-refractivity contribution in [2.45, 2.75) is 58.2 Å². The van der Waals surface area contributed by atoms with Gasteiger partial charge in [-0.25, -0.2) is 0 Å². The maximum atomic E-state index is 6.04. The molecule has 0 bridgehead atoms. The Kier molecular flexibility index (Phi) is 8.90. The summed E-state index contributed by atoms with van der Waals surface area (Å²) in [5.74, 6) is 0. The maximum Gasteiger partial charge on any atom is 0.337 e. The van der Waals surface area contributed by atoms with Gasteiger partial charge in [-0.15, -0.1) is 0 Å². The molecule has 0 N–H and O–H groups in total. The van der Waals surface area contributed by atoms with Gasteiger partial charge >= 0.3 is 8.56 Å². The summed E-state index contributed by atoms with van der Waals surface area (Å²) in [6.07, 6.45) is 4.88. The van der Waals surface area contributed by atoms with Gasteiger partial charge in [0, 0.05) is 25.9 Å². The highest BCUT2D eigenvalue weighted by Gasteiger charge is 2.31. The van der Waals surface area contributed by atoms with E-state index in [4.69, 9.17) is 18.3 Å². The molecule has 0 aromatic carbocycles. The zero-order chi connectivity index (χ0) is 14.0. The third-order valence-electron chi connectivity index (χ3n) is 3.22. The smallest absolute Gasteiger partial charge is 0.337 e. The molecule has 1 heterocycles. The number of epoxide rings is 1. The van der Waals surface area contributed by atoms with E-state index in [2.05, 4.69) is 20.4 Å². The number of rotatable bonds is 13. The first kappa shape index (κ1) is 17.1. The molecular formula is C14H30O4Si. The second-order valence-corrected chi connectivity index (χ2v) is 8.66. The lowest BCUT2D eigenvalue weighted by Crippen LogP contribution is -2.40. The summed E-state index contributed by atoms with van der Waals surface area (Å²) >= 11 is 0. The molecule has 0 amide bonds. The molecule has 1 fully saturated rings. The lowest BCUT2D eigenvalue weighted by Gasteiger charge is -2.27. The van der Waals surface area contributed by atoms with Crippen LogP contribution in [0.5, 0.6) is 0 Å². The molecule has 1 rings (SSSR count). The summed E-state index contributed by atoms with van der Waals surface area (Å²) in [6.45, 7) is 10.4. The topological polar surface area (TPSA) is 40.2 Å². The van der Waals surface area contributed by atoms with Gasteiger partial charge in [-0.1, -0.05) is 26.7 Å². The van der Waals surface area contributed by atoms with E-state index in [1.54, 1.807) is 0 Å². The molecule has 0 saturated carbocycles. The van der Waals surface area contributed by atoms with Crippen LogP contribution in [0.15, 0.2) is 0 Å². The molecule has 1 aliphatic heterocycles. The van der Waals surface area contributed by atoms with Crippen molar-refractivity contribution in [3.05, 3.63) is 0 Å². The predicted octanol–water partition coefficient (Wildman–Crippen LogP) is 3.11. The Morgan fingerprint density at radius 3 is 2.11 bits per heavy atom. The van der Waals surface area contributed by atoms with Gasteiger partial charge in [-0.2, -0.15) is 0 Å². The van der Waals surface area contributed by atoms with Gasteiger partial charge in [0.25, 0.3) is 0 Å². The maximum absolute atomic E-state index is 6.04. The summed E-state index contributed by atoms with van der Waals surface area (Å²) in [4.78, 5) is 0. The molecule has 1 atom stereocenters. The van der Waals surface area contributed by atoms with Crippen molar-refractivity contribution in [2.24, 2.45) is 0 Å². The molecular weight excluding hydrogens is 260 g/mol. The highest BCUT2D eigenvalue weighted by Crippen LogP contribution is 2.16. The molecule has 1 unspecified atom stereocenters. The van der Waals surface area contributed by atoms with Gasteiger partial charge < -0.3 is 18.3 Å². The monoisotopic (exact) mass is 290 g/mol. The third kappa shape index (κ3) is 8.76. The van der Waals surface area contributed by atoms with E-state index >= 15 is 0 Å². The van der Waals surface area contributed by atoms with E-state index in [-0.39, 0.29) is 0 Å². The molecule has 0 spiro atoms. The van der Waals surface area contributed by atoms with Gasteiger partial charge in [0.1, 0.15) is 6.10 Å². The van der Waals surface area contributed by atoms with Crippen LogP contribution in [-0.4, -0.2) is 47.7 Å². The molecule has 1 saturated heterocycles. The van der Waals surface area contributed by atoms with E-state index in [9.17, 15) is 0 Å². The van der Waals surface area contributed by atoms with E-state index in [1.807, 2.05) is 0 Å². The molecule has 114 valence electrons. The van der Waals surface area contributed by atoms with Crippen LogP contribution in [0.3, 0.4) is 0 Å². The lowest BCUT2D eigenvalue weighted by molar-refractivity contribution is 0.111. The first-order valence-electron chi connectivity index (χ1n) is 7.67. The zero-order valence-electron chi connectivity index (χ0n) is 12.8. The molecule has 0 aromatic rings. The van der Waals surface area contributed by atoms with E-state index in [1.165, 1.54) is 0 Å². The van der Waals surface area contributed by atoms with Gasteiger partial charge in [0.15, 0.2) is 0 Å². The molecule has 0 radical (unpaired) electrons. The third-order valence-corrected chi connectivity index (χ3v) is 5.96. The fourth-order valence-corrected chi connectivity index (χ4v) is 3.73. The molecule has 0 aliphatic carbocycles. The molecule has 1 aliphatic rings. The summed E-state index contributed by atoms with van der Waals surface area (Å²) in [5, 5.41) is 0. The minimum Gasteiger partial charge on any atom is -0.394 e. The van der Waals surface area contributed by atoms with E-state index in [0.717, 1.165) is 58.2 Å². The van der Waals surface area contributed by atoms with Crippen molar-refractivity contribution in [1.82, 2.24) is 0 Å². The predicted molar refractivity (Wildman–Crippen MR) is 78.7 cm³/mol. The second-order valence-electron chi connectivity index (χ2n) is 5.32. The van der Waals surface area contributed by atoms with Crippen molar-refractivity contribution in [3.8, 4) is 0 Å². The highest BCUT2D eigenvalue weighted by atomic mass is 28.4. The van der Waals surface area contributed by atoms with Crippen LogP contribution in [0.4, 0.5) is 0 Å². The Labute approximate surface area is 119 Å². The van der Waals surface area contributed by atoms with Gasteiger partial charge in [-0.05, 0) is 19.4 Å². The van der Waals surface area contributed by atoms with Crippen LogP contribution >= 0.6 is 0 Å². The van der Waals surface area contributed by atoms with E-state index in [0.29, 0.717) is 12.7 Å². The van der Waals surface area contributed by atoms with E-state index < -0.39 is 8.56 Å². The summed E-state index contributed by atoms with van der Waals surface area (Å²) < 4.78 is 22.8. The number of unbranched alkanes of at least 4 members (excludes halogenated alkanes) is 2. The molecule has 19 heavy (non-hydrogen) atoms. The average Bonchev–Trinajstić information content (AvgIpc) is 3.20. The van der Waals surface area contributed by atoms with Crippen LogP contribution < -0.4 is 0 Å². The summed E-state index contributed by atoms with van der Waals surface area (Å²) in [7, 11) is -2.04. The SMILES string of the molecule is CCCCO[Si](C)(CCOCC1CO1)OCCCC. The largest absolute Gasteiger partial charge is 0.394 e. The van der Waals surface area contributed by atoms with Crippen LogP contribution in [0.1, 0.15) is 39.5 Å². The van der Waals surface area contributed by atoms with Crippen molar-refractivity contribution < 1.29 is 18.3 Å². The number of ether oxygens (including phenoxy) is 2. The first-order valence-corrected chi connectivity index (χ1v) is 10.2. The Hall–Kier alpha value is 0.0569. The van der Waals surface area contributed by atoms with Crippen LogP contribution in [0.2, 0.25) is 12.6 Å². The number of hydrogen-bond acceptors (Lipinski definition) is 4. The lowest BCUT2D eigenvalue weighted by atomic mass is 10.4. The van der Waals surface area contributed by atoms with Crippen molar-refractivity contribution in [2.75, 3.05) is 33.0 Å². The van der Waals surface area contributed by atoms with Crippen LogP contribution in [-0.2, 0) is 18.3 Å². The number of hydrogen-bond donors (Lipinski definition) is 0. The van der Waals surface area contributed by atoms with Gasteiger partial charge in [0.05, 0.1) is 13.2 Å². The first-order chi connectivity index (χ1) is 9.20. The Balaban J connectivity index is 2.19. The molecule has 4 nitrogen and oxygen atoms in total. The summed E-state index contributed by atoms with van der Waals surface area (Å²) in [5.41, 5.74) is 0. The Bertz CT molecular complexity index is 211. The summed E-state index contributed by atoms with van der Waals surface area (Å²) in [6, 6.07) is 0.910. The quantitative estimate of drug-likeness (QED) is 0.297. The fourth-order valence-electron chi connectivity index (χ4n) is 1.69. The van der Waals surface area contributed by atoms with Crippen LogP contribution in [0, 0.1) is 0 Å². The molecule has 5 heteroatoms. The fraction of sp³-hybridized carbons (Fsp3) is 1.00. The normalized spacial score (nSPS) is 18.8. The van der Waals surface area contributed by atoms with Crippen molar-refractivity contribution in [3.63, 3.8) is 0 Å². The van der Waals surface area contributed by atoms with Crippen molar-refractivity contribution >= 4 is 8.56 Å². The van der Waals surface area contributed by atoms with Crippen LogP contribution in [0.25, 0.3) is 0 Å². The van der Waals surface area contributed by atoms with Gasteiger partial charge in [0.2, 0.25) is 0 Å². The van der Waals surface area contributed by atoms with Gasteiger partial charge in [-0.3, -0.25) is 0 Å². The minimum absolute atomic E-state index is 0.343. The standard InChI is InChI=1S/C14H30O4Si/c1-4-6-8-17-19(3,18-9-7-5-2)11-10-15-12-14-13-16-14/h14H,4-13H2,1-3H3. The Morgan fingerprint density at radius 2 is 1.63 bits per heavy atom. The van der Waals surface area contributed by atoms with Crippen molar-refractivity contribution in [1.29, 1.82) is 0 Å².